The Balaban J connectivity index is 1.20. The number of carbonyl (C=O) groups excluding carboxylic acids is 1. The molecule has 13 nitrogen and oxygen atoms in total. The number of halogens is 2. The number of nitrogens with two attached hydrogens (primary N) is 1. The zero-order valence-corrected chi connectivity index (χ0v) is 25.6. The van der Waals surface area contributed by atoms with Crippen LogP contribution in [0, 0.1) is 5.82 Å². The summed E-state index contributed by atoms with van der Waals surface area (Å²) in [5, 5.41) is 12.1. The number of fused-ring (bicyclic) bond motifs is 1. The molecule has 15 heteroatoms. The minimum atomic E-state index is -0.795. The van der Waals surface area contributed by atoms with Gasteiger partial charge in [-0.1, -0.05) is 11.6 Å². The molecule has 0 spiro atoms. The zero-order valence-electron chi connectivity index (χ0n) is 24.9. The second-order valence-corrected chi connectivity index (χ2v) is 10.8. The third-order valence-electron chi connectivity index (χ3n) is 7.18. The number of aromatic nitrogens is 4. The molecule has 1 unspecified atom stereocenters. The van der Waals surface area contributed by atoms with Gasteiger partial charge in [0.15, 0.2) is 6.29 Å². The number of ether oxygens (including phenoxy) is 3. The van der Waals surface area contributed by atoms with E-state index in [0.29, 0.717) is 68.3 Å². The van der Waals surface area contributed by atoms with Crippen molar-refractivity contribution in [1.82, 2.24) is 24.3 Å². The van der Waals surface area contributed by atoms with Gasteiger partial charge in [-0.15, -0.1) is 0 Å². The van der Waals surface area contributed by atoms with E-state index in [0.717, 1.165) is 25.7 Å². The first-order chi connectivity index (χ1) is 21.8. The van der Waals surface area contributed by atoms with Crippen molar-refractivity contribution in [2.45, 2.75) is 13.2 Å². The summed E-state index contributed by atoms with van der Waals surface area (Å²) in [6.07, 6.45) is 4.02. The van der Waals surface area contributed by atoms with Gasteiger partial charge >= 0.3 is 0 Å². The monoisotopic (exact) mass is 642 g/mol. The second-order valence-electron chi connectivity index (χ2n) is 10.3. The predicted octanol–water partition coefficient (Wildman–Crippen LogP) is 2.93. The van der Waals surface area contributed by atoms with Gasteiger partial charge in [-0.05, 0) is 37.3 Å². The van der Waals surface area contributed by atoms with Crippen molar-refractivity contribution in [3.05, 3.63) is 65.3 Å². The molecule has 0 bridgehead atoms. The summed E-state index contributed by atoms with van der Waals surface area (Å²) in [5.41, 5.74) is 7.41. The lowest BCUT2D eigenvalue weighted by molar-refractivity contribution is -0.101. The van der Waals surface area contributed by atoms with Crippen molar-refractivity contribution < 1.29 is 28.5 Å². The van der Waals surface area contributed by atoms with Crippen LogP contribution in [0.3, 0.4) is 0 Å². The van der Waals surface area contributed by atoms with Crippen LogP contribution in [-0.4, -0.2) is 107 Å². The van der Waals surface area contributed by atoms with Crippen molar-refractivity contribution in [3.63, 3.8) is 0 Å². The van der Waals surface area contributed by atoms with Crippen LogP contribution >= 0.6 is 11.6 Å². The number of amides is 1. The molecule has 0 radical (unpaired) electrons. The van der Waals surface area contributed by atoms with Crippen LogP contribution in [0.25, 0.3) is 16.8 Å². The van der Waals surface area contributed by atoms with Crippen LogP contribution in [0.15, 0.2) is 48.9 Å². The van der Waals surface area contributed by atoms with Crippen molar-refractivity contribution in [3.8, 4) is 11.3 Å². The average Bonchev–Trinajstić information content (AvgIpc) is 3.41. The number of nitrogens with zero attached hydrogens (tertiary/aromatic N) is 6. The summed E-state index contributed by atoms with van der Waals surface area (Å²) in [4.78, 5) is 30.3. The van der Waals surface area contributed by atoms with Crippen molar-refractivity contribution in [2.75, 3.05) is 81.7 Å². The quantitative estimate of drug-likeness (QED) is 0.137. The molecule has 3 aromatic heterocycles. The number of imidazole rings is 1. The van der Waals surface area contributed by atoms with E-state index in [1.54, 1.807) is 25.4 Å². The maximum absolute atomic E-state index is 15.6. The second kappa shape index (κ2) is 15.4. The van der Waals surface area contributed by atoms with Crippen LogP contribution in [0.4, 0.5) is 22.0 Å². The van der Waals surface area contributed by atoms with Gasteiger partial charge in [-0.2, -0.15) is 0 Å². The molecule has 240 valence electrons. The minimum absolute atomic E-state index is 0.114. The molecule has 4 aromatic rings. The van der Waals surface area contributed by atoms with E-state index in [1.807, 2.05) is 4.40 Å². The zero-order chi connectivity index (χ0) is 31.8. The molecule has 1 amide bonds. The molecule has 0 aliphatic carbocycles. The van der Waals surface area contributed by atoms with Crippen molar-refractivity contribution in [2.24, 2.45) is 0 Å². The maximum Gasteiger partial charge on any atom is 0.256 e. The molecule has 1 saturated heterocycles. The van der Waals surface area contributed by atoms with E-state index in [9.17, 15) is 4.79 Å². The Morgan fingerprint density at radius 1 is 1.07 bits per heavy atom. The van der Waals surface area contributed by atoms with Crippen LogP contribution in [0.2, 0.25) is 5.02 Å². The normalized spacial score (nSPS) is 14.6. The molecule has 1 atom stereocenters. The molecule has 45 heavy (non-hydrogen) atoms. The number of nitrogens with one attached hydrogen (secondary N) is 1. The van der Waals surface area contributed by atoms with E-state index in [-0.39, 0.29) is 22.8 Å². The number of rotatable bonds is 14. The Labute approximate surface area is 264 Å². The number of hydrogen-bond acceptors (Lipinski definition) is 11. The lowest BCUT2D eigenvalue weighted by atomic mass is 10.1. The Bertz CT molecular complexity index is 1600. The maximum atomic E-state index is 15.6. The lowest BCUT2D eigenvalue weighted by Gasteiger charge is -2.34. The van der Waals surface area contributed by atoms with E-state index in [1.165, 1.54) is 24.4 Å². The largest absolute Gasteiger partial charge is 0.382 e. The summed E-state index contributed by atoms with van der Waals surface area (Å²) >= 11 is 5.97. The van der Waals surface area contributed by atoms with Gasteiger partial charge in [-0.3, -0.25) is 14.1 Å². The van der Waals surface area contributed by atoms with Crippen molar-refractivity contribution in [1.29, 1.82) is 0 Å². The van der Waals surface area contributed by atoms with Crippen LogP contribution in [0.5, 0.6) is 0 Å². The third-order valence-corrected chi connectivity index (χ3v) is 7.42. The third kappa shape index (κ3) is 8.42. The highest BCUT2D eigenvalue weighted by atomic mass is 35.5. The topological polar surface area (TPSA) is 153 Å². The number of aliphatic hydroxyl groups excluding tert-OH is 1. The van der Waals surface area contributed by atoms with Gasteiger partial charge in [0.05, 0.1) is 33.0 Å². The fourth-order valence-electron chi connectivity index (χ4n) is 4.93. The molecule has 1 aromatic carbocycles. The number of aliphatic hydroxyl groups is 1. The fourth-order valence-corrected chi connectivity index (χ4v) is 5.09. The molecule has 1 aliphatic heterocycles. The fraction of sp³-hybridized carbons (Fsp3) is 0.400. The molecule has 0 saturated carbocycles. The van der Waals surface area contributed by atoms with Gasteiger partial charge in [-0.25, -0.2) is 19.3 Å². The molecule has 4 N–H and O–H groups in total. The number of anilines is 3. The Kier molecular flexibility index (Phi) is 11.1. The number of nitrogen functional groups attached to an aromatic ring is 1. The van der Waals surface area contributed by atoms with Gasteiger partial charge in [0.2, 0.25) is 5.95 Å². The van der Waals surface area contributed by atoms with Crippen molar-refractivity contribution >= 4 is 40.6 Å². The van der Waals surface area contributed by atoms with Gasteiger partial charge < -0.3 is 35.3 Å². The Hall–Kier alpha value is -3.92. The molecule has 4 heterocycles. The summed E-state index contributed by atoms with van der Waals surface area (Å²) in [5.74, 6) is -0.0401. The number of benzene rings is 1. The smallest absolute Gasteiger partial charge is 0.256 e. The standard InChI is InChI=1S/C30H36ClFN8O5/c1-20(41)45-17-16-44-15-14-43-13-12-38-8-10-39(11-9-38)30-37-26(27-28(33)35-6-7-40(27)30)23-3-2-21(18-24(23)32)29(42)36-25-19-22(31)4-5-34-25/h2-7,18-20,41H,8-17H2,1H3,(H2,33,35)(H,34,36,42). The number of piperazine rings is 1. The lowest BCUT2D eigenvalue weighted by Crippen LogP contribution is -2.48. The van der Waals surface area contributed by atoms with Crippen LogP contribution < -0.4 is 16.0 Å². The van der Waals surface area contributed by atoms with E-state index < -0.39 is 18.0 Å². The van der Waals surface area contributed by atoms with Gasteiger partial charge in [0, 0.05) is 67.5 Å². The van der Waals surface area contributed by atoms with Gasteiger partial charge in [0.1, 0.15) is 28.7 Å². The molecule has 5 rings (SSSR count). The average molecular weight is 643 g/mol. The van der Waals surface area contributed by atoms with Crippen LogP contribution in [-0.2, 0) is 14.2 Å². The SMILES string of the molecule is CC(O)OCCOCCOCCN1CCN(c2nc(-c3ccc(C(=O)Nc4cc(Cl)ccn4)cc3F)c3c(N)nccn23)CC1. The summed E-state index contributed by atoms with van der Waals surface area (Å²) in [6, 6.07) is 7.29. The van der Waals surface area contributed by atoms with E-state index in [4.69, 9.17) is 41.6 Å². The van der Waals surface area contributed by atoms with Gasteiger partial charge in [0.25, 0.3) is 5.91 Å². The van der Waals surface area contributed by atoms with E-state index in [2.05, 4.69) is 25.1 Å². The molecule has 1 aliphatic rings. The Morgan fingerprint density at radius 3 is 2.56 bits per heavy atom. The molecular weight excluding hydrogens is 607 g/mol. The number of pyridine rings is 1. The minimum Gasteiger partial charge on any atom is -0.382 e. The number of carbonyl (C=O) groups is 1. The highest BCUT2D eigenvalue weighted by Crippen LogP contribution is 2.33. The van der Waals surface area contributed by atoms with E-state index >= 15 is 4.39 Å². The number of hydrogen-bond donors (Lipinski definition) is 3. The molecular formula is C30H36ClFN8O5. The predicted molar refractivity (Wildman–Crippen MR) is 168 cm³/mol. The highest BCUT2D eigenvalue weighted by Gasteiger charge is 2.25. The summed E-state index contributed by atoms with van der Waals surface area (Å²) in [7, 11) is 0. The Morgan fingerprint density at radius 2 is 1.82 bits per heavy atom. The first-order valence-electron chi connectivity index (χ1n) is 14.6. The highest BCUT2D eigenvalue weighted by molar-refractivity contribution is 6.30. The van der Waals surface area contributed by atoms with Crippen LogP contribution in [0.1, 0.15) is 17.3 Å². The summed E-state index contributed by atoms with van der Waals surface area (Å²) in [6.45, 7) is 7.58. The summed E-state index contributed by atoms with van der Waals surface area (Å²) < 4.78 is 33.5. The first-order valence-corrected chi connectivity index (χ1v) is 15.0. The first kappa shape index (κ1) is 32.5. The molecule has 1 fully saturated rings.